The molecule has 0 aromatic heterocycles. The second-order valence-electron chi connectivity index (χ2n) is 3.59. The molecule has 0 bridgehead atoms. The summed E-state index contributed by atoms with van der Waals surface area (Å²) in [5, 5.41) is 0. The van der Waals surface area contributed by atoms with Gasteiger partial charge in [-0.2, -0.15) is 0 Å². The highest BCUT2D eigenvalue weighted by Crippen LogP contribution is 2.28. The summed E-state index contributed by atoms with van der Waals surface area (Å²) in [6.45, 7) is 2.76. The number of methoxy groups -OCH3 is 1. The quantitative estimate of drug-likeness (QED) is 0.549. The third kappa shape index (κ3) is 4.86. The maximum atomic E-state index is 5.76. The maximum absolute atomic E-state index is 5.76. The van der Waals surface area contributed by atoms with Gasteiger partial charge in [-0.3, -0.25) is 0 Å². The van der Waals surface area contributed by atoms with Crippen molar-refractivity contribution < 1.29 is 14.2 Å². The van der Waals surface area contributed by atoms with Crippen molar-refractivity contribution in [1.82, 2.24) is 0 Å². The number of rotatable bonds is 9. The van der Waals surface area contributed by atoms with Crippen LogP contribution in [0.2, 0.25) is 0 Å². The Morgan fingerprint density at radius 2 is 1.94 bits per heavy atom. The lowest BCUT2D eigenvalue weighted by molar-refractivity contribution is 0.0542. The number of hydrogen-bond donors (Lipinski definition) is 1. The van der Waals surface area contributed by atoms with Crippen molar-refractivity contribution in [2.75, 3.05) is 39.8 Å². The molecule has 18 heavy (non-hydrogen) atoms. The smallest absolute Gasteiger partial charge is 0.125 e. The fourth-order valence-electron chi connectivity index (χ4n) is 1.53. The molecule has 0 unspecified atom stereocenters. The lowest BCUT2D eigenvalue weighted by Crippen LogP contribution is -2.11. The van der Waals surface area contributed by atoms with E-state index in [0.717, 1.165) is 16.2 Å². The molecule has 0 aliphatic heterocycles. The van der Waals surface area contributed by atoms with E-state index in [0.29, 0.717) is 33.0 Å². The van der Waals surface area contributed by atoms with Gasteiger partial charge >= 0.3 is 0 Å². The van der Waals surface area contributed by atoms with Crippen LogP contribution in [0.4, 0.5) is 0 Å². The van der Waals surface area contributed by atoms with Gasteiger partial charge in [0.1, 0.15) is 12.4 Å². The van der Waals surface area contributed by atoms with Crippen LogP contribution in [0.3, 0.4) is 0 Å². The molecule has 2 N–H and O–H groups in total. The summed E-state index contributed by atoms with van der Waals surface area (Å²) < 4.78 is 15.9. The highest BCUT2D eigenvalue weighted by atomic mass is 32.2. The molecular weight excluding hydrogens is 250 g/mol. The summed E-state index contributed by atoms with van der Waals surface area (Å²) in [6.07, 6.45) is 2.03. The summed E-state index contributed by atoms with van der Waals surface area (Å²) in [7, 11) is 1.65. The van der Waals surface area contributed by atoms with Crippen molar-refractivity contribution in [3.8, 4) is 5.75 Å². The molecule has 0 saturated carbocycles. The van der Waals surface area contributed by atoms with Crippen molar-refractivity contribution >= 4 is 11.8 Å². The zero-order valence-electron chi connectivity index (χ0n) is 11.0. The summed E-state index contributed by atoms with van der Waals surface area (Å²) in [4.78, 5) is 1.16. The molecule has 0 aliphatic rings. The van der Waals surface area contributed by atoms with E-state index in [1.807, 2.05) is 18.4 Å². The Morgan fingerprint density at radius 1 is 1.17 bits per heavy atom. The average Bonchev–Trinajstić information content (AvgIpc) is 2.42. The minimum Gasteiger partial charge on any atom is -0.491 e. The van der Waals surface area contributed by atoms with Crippen LogP contribution >= 0.6 is 11.8 Å². The van der Waals surface area contributed by atoms with E-state index in [4.69, 9.17) is 19.9 Å². The first-order valence-electron chi connectivity index (χ1n) is 5.89. The fourth-order valence-corrected chi connectivity index (χ4v) is 2.17. The predicted molar refractivity (Wildman–Crippen MR) is 74.3 cm³/mol. The van der Waals surface area contributed by atoms with E-state index in [2.05, 4.69) is 6.07 Å². The Labute approximate surface area is 113 Å². The van der Waals surface area contributed by atoms with Gasteiger partial charge in [0.15, 0.2) is 0 Å². The van der Waals surface area contributed by atoms with E-state index < -0.39 is 0 Å². The van der Waals surface area contributed by atoms with Crippen LogP contribution in [-0.4, -0.2) is 39.8 Å². The normalized spacial score (nSPS) is 10.6. The van der Waals surface area contributed by atoms with E-state index in [1.165, 1.54) is 0 Å². The molecule has 0 heterocycles. The first-order valence-corrected chi connectivity index (χ1v) is 7.11. The fraction of sp³-hybridized carbons (Fsp3) is 0.538. The number of benzene rings is 1. The van der Waals surface area contributed by atoms with Crippen LogP contribution in [0, 0.1) is 0 Å². The summed E-state index contributed by atoms with van der Waals surface area (Å²) >= 11 is 1.68. The summed E-state index contributed by atoms with van der Waals surface area (Å²) in [5.41, 5.74) is 6.81. The first-order chi connectivity index (χ1) is 8.83. The average molecular weight is 271 g/mol. The molecule has 0 spiro atoms. The van der Waals surface area contributed by atoms with Gasteiger partial charge in [-0.05, 0) is 18.4 Å². The molecule has 0 atom stereocenters. The van der Waals surface area contributed by atoms with Crippen molar-refractivity contribution in [3.05, 3.63) is 23.8 Å². The molecule has 102 valence electrons. The van der Waals surface area contributed by atoms with Gasteiger partial charge in [0, 0.05) is 24.1 Å². The van der Waals surface area contributed by atoms with E-state index in [9.17, 15) is 0 Å². The summed E-state index contributed by atoms with van der Waals surface area (Å²) in [5.74, 6) is 0.847. The standard InChI is InChI=1S/C13H21NO3S/c1-15-6-7-16-8-9-17-12-4-3-5-13(18-2)11(12)10-14/h3-5H,6-10,14H2,1-2H3. The topological polar surface area (TPSA) is 53.7 Å². The molecule has 1 aromatic rings. The van der Waals surface area contributed by atoms with Gasteiger partial charge in [-0.25, -0.2) is 0 Å². The minimum absolute atomic E-state index is 0.483. The minimum atomic E-state index is 0.483. The Hall–Kier alpha value is -0.750. The van der Waals surface area contributed by atoms with Gasteiger partial charge in [0.2, 0.25) is 0 Å². The number of ether oxygens (including phenoxy) is 3. The molecular formula is C13H21NO3S. The lowest BCUT2D eigenvalue weighted by atomic mass is 10.2. The van der Waals surface area contributed by atoms with E-state index in [-0.39, 0.29) is 0 Å². The molecule has 0 fully saturated rings. The van der Waals surface area contributed by atoms with E-state index in [1.54, 1.807) is 18.9 Å². The van der Waals surface area contributed by atoms with Crippen molar-refractivity contribution in [3.63, 3.8) is 0 Å². The highest BCUT2D eigenvalue weighted by Gasteiger charge is 2.07. The Balaban J connectivity index is 2.41. The maximum Gasteiger partial charge on any atom is 0.125 e. The zero-order chi connectivity index (χ0) is 13.2. The monoisotopic (exact) mass is 271 g/mol. The van der Waals surface area contributed by atoms with Crippen LogP contribution in [0.25, 0.3) is 0 Å². The largest absolute Gasteiger partial charge is 0.491 e. The van der Waals surface area contributed by atoms with Gasteiger partial charge in [-0.15, -0.1) is 11.8 Å². The second-order valence-corrected chi connectivity index (χ2v) is 4.44. The lowest BCUT2D eigenvalue weighted by Gasteiger charge is -2.13. The van der Waals surface area contributed by atoms with Gasteiger partial charge in [-0.1, -0.05) is 6.07 Å². The number of nitrogens with two attached hydrogens (primary N) is 1. The van der Waals surface area contributed by atoms with Crippen LogP contribution in [-0.2, 0) is 16.0 Å². The van der Waals surface area contributed by atoms with Gasteiger partial charge in [0.05, 0.1) is 19.8 Å². The molecule has 0 aliphatic carbocycles. The summed E-state index contributed by atoms with van der Waals surface area (Å²) in [6, 6.07) is 5.97. The van der Waals surface area contributed by atoms with Gasteiger partial charge < -0.3 is 19.9 Å². The molecule has 1 aromatic carbocycles. The third-order valence-corrected chi connectivity index (χ3v) is 3.25. The number of thioether (sulfide) groups is 1. The molecule has 5 heteroatoms. The Kier molecular flexibility index (Phi) is 7.84. The van der Waals surface area contributed by atoms with Crippen LogP contribution < -0.4 is 10.5 Å². The van der Waals surface area contributed by atoms with Crippen LogP contribution in [0.1, 0.15) is 5.56 Å². The molecule has 0 saturated heterocycles. The Morgan fingerprint density at radius 3 is 2.61 bits per heavy atom. The highest BCUT2D eigenvalue weighted by molar-refractivity contribution is 7.98. The molecule has 1 rings (SSSR count). The van der Waals surface area contributed by atoms with Crippen molar-refractivity contribution in [1.29, 1.82) is 0 Å². The zero-order valence-corrected chi connectivity index (χ0v) is 11.8. The molecule has 0 radical (unpaired) electrons. The molecule has 0 amide bonds. The number of hydrogen-bond acceptors (Lipinski definition) is 5. The Bertz CT molecular complexity index is 347. The third-order valence-electron chi connectivity index (χ3n) is 2.43. The second kappa shape index (κ2) is 9.22. The van der Waals surface area contributed by atoms with Crippen molar-refractivity contribution in [2.45, 2.75) is 11.4 Å². The molecule has 4 nitrogen and oxygen atoms in total. The predicted octanol–water partition coefficient (Wildman–Crippen LogP) is 1.91. The first kappa shape index (κ1) is 15.3. The van der Waals surface area contributed by atoms with E-state index >= 15 is 0 Å². The van der Waals surface area contributed by atoms with Crippen LogP contribution in [0.15, 0.2) is 23.1 Å². The van der Waals surface area contributed by atoms with Crippen molar-refractivity contribution in [2.24, 2.45) is 5.73 Å². The van der Waals surface area contributed by atoms with Gasteiger partial charge in [0.25, 0.3) is 0 Å². The SMILES string of the molecule is COCCOCCOc1cccc(SC)c1CN. The van der Waals surface area contributed by atoms with Crippen LogP contribution in [0.5, 0.6) is 5.75 Å².